The number of carboxylic acid groups (broad SMARTS) is 1. The maximum Gasteiger partial charge on any atom is 0.327 e. The molecule has 94 valence electrons. The number of aryl methyl sites for hydroxylation is 2. The molecular formula is C11H11BrN4O2. The molecule has 2 rings (SSSR count). The number of aliphatic carboxylic acids is 1. The largest absolute Gasteiger partial charge is 0.480 e. The number of hydrogen-bond donors (Lipinski definition) is 1. The fourth-order valence-electron chi connectivity index (χ4n) is 1.47. The van der Waals surface area contributed by atoms with Crippen molar-refractivity contribution in [3.05, 3.63) is 40.1 Å². The Balaban J connectivity index is 1.92. The molecule has 0 unspecified atom stereocenters. The lowest BCUT2D eigenvalue weighted by atomic mass is 10.1. The van der Waals surface area contributed by atoms with Crippen LogP contribution in [0.4, 0.5) is 0 Å². The van der Waals surface area contributed by atoms with Gasteiger partial charge in [0.1, 0.15) is 0 Å². The Hall–Kier alpha value is -1.76. The second kappa shape index (κ2) is 5.72. The maximum atomic E-state index is 10.5. The zero-order valence-electron chi connectivity index (χ0n) is 9.45. The molecule has 0 saturated carbocycles. The van der Waals surface area contributed by atoms with Crippen molar-refractivity contribution in [2.75, 3.05) is 0 Å². The normalized spacial score (nSPS) is 10.5. The highest BCUT2D eigenvalue weighted by molar-refractivity contribution is 9.10. The summed E-state index contributed by atoms with van der Waals surface area (Å²) in [6, 6.07) is 7.99. The van der Waals surface area contributed by atoms with E-state index in [1.807, 2.05) is 24.3 Å². The standard InChI is InChI=1S/C11H11BrN4O2/c12-9-4-1-8(2-5-9)3-6-10-13-15-16(14-10)7-11(17)18/h1-2,4-5H,3,6-7H2,(H,17,18). The van der Waals surface area contributed by atoms with Crippen LogP contribution in [0.15, 0.2) is 28.7 Å². The van der Waals surface area contributed by atoms with Crippen LogP contribution in [-0.4, -0.2) is 31.3 Å². The van der Waals surface area contributed by atoms with Crippen molar-refractivity contribution in [2.45, 2.75) is 19.4 Å². The molecule has 7 heteroatoms. The number of hydrogen-bond acceptors (Lipinski definition) is 4. The predicted molar refractivity (Wildman–Crippen MR) is 67.0 cm³/mol. The van der Waals surface area contributed by atoms with E-state index in [-0.39, 0.29) is 6.54 Å². The van der Waals surface area contributed by atoms with E-state index < -0.39 is 5.97 Å². The molecule has 0 radical (unpaired) electrons. The molecule has 0 aliphatic carbocycles. The molecule has 0 aliphatic heterocycles. The van der Waals surface area contributed by atoms with Crippen molar-refractivity contribution in [1.29, 1.82) is 0 Å². The van der Waals surface area contributed by atoms with Gasteiger partial charge in [0.2, 0.25) is 0 Å². The first kappa shape index (κ1) is 12.7. The summed E-state index contributed by atoms with van der Waals surface area (Å²) >= 11 is 3.37. The van der Waals surface area contributed by atoms with E-state index in [4.69, 9.17) is 5.11 Å². The van der Waals surface area contributed by atoms with E-state index >= 15 is 0 Å². The Bertz CT molecular complexity index is 538. The Morgan fingerprint density at radius 1 is 1.28 bits per heavy atom. The molecule has 0 atom stereocenters. The molecule has 0 bridgehead atoms. The van der Waals surface area contributed by atoms with Crippen LogP contribution < -0.4 is 0 Å². The van der Waals surface area contributed by atoms with Crippen molar-refractivity contribution in [3.8, 4) is 0 Å². The summed E-state index contributed by atoms with van der Waals surface area (Å²) in [6.07, 6.45) is 1.44. The lowest BCUT2D eigenvalue weighted by Gasteiger charge is -1.98. The summed E-state index contributed by atoms with van der Waals surface area (Å²) in [7, 11) is 0. The zero-order chi connectivity index (χ0) is 13.0. The molecule has 1 aromatic carbocycles. The van der Waals surface area contributed by atoms with E-state index in [1.54, 1.807) is 0 Å². The van der Waals surface area contributed by atoms with Crippen LogP contribution in [0.25, 0.3) is 0 Å². The van der Waals surface area contributed by atoms with Gasteiger partial charge in [-0.05, 0) is 29.3 Å². The fourth-order valence-corrected chi connectivity index (χ4v) is 1.74. The third-order valence-electron chi connectivity index (χ3n) is 2.32. The zero-order valence-corrected chi connectivity index (χ0v) is 11.0. The molecular weight excluding hydrogens is 300 g/mol. The minimum absolute atomic E-state index is 0.259. The highest BCUT2D eigenvalue weighted by Crippen LogP contribution is 2.11. The summed E-state index contributed by atoms with van der Waals surface area (Å²) in [4.78, 5) is 11.5. The number of benzene rings is 1. The molecule has 0 spiro atoms. The van der Waals surface area contributed by atoms with Gasteiger partial charge in [-0.25, -0.2) is 0 Å². The lowest BCUT2D eigenvalue weighted by Crippen LogP contribution is -2.11. The average Bonchev–Trinajstić information content (AvgIpc) is 2.75. The number of aromatic nitrogens is 4. The number of tetrazole rings is 1. The summed E-state index contributed by atoms with van der Waals surface area (Å²) in [6.45, 7) is -0.259. The topological polar surface area (TPSA) is 80.9 Å². The first-order chi connectivity index (χ1) is 8.63. The van der Waals surface area contributed by atoms with Gasteiger partial charge < -0.3 is 5.11 Å². The van der Waals surface area contributed by atoms with Crippen molar-refractivity contribution in [2.24, 2.45) is 0 Å². The van der Waals surface area contributed by atoms with Crippen LogP contribution >= 0.6 is 15.9 Å². The molecule has 1 N–H and O–H groups in total. The van der Waals surface area contributed by atoms with Gasteiger partial charge in [-0.2, -0.15) is 4.80 Å². The summed E-state index contributed by atoms with van der Waals surface area (Å²) in [5, 5.41) is 20.0. The van der Waals surface area contributed by atoms with E-state index in [9.17, 15) is 4.79 Å². The molecule has 0 aliphatic rings. The third-order valence-corrected chi connectivity index (χ3v) is 2.85. The fraction of sp³-hybridized carbons (Fsp3) is 0.273. The van der Waals surface area contributed by atoms with Gasteiger partial charge in [0.05, 0.1) is 0 Å². The van der Waals surface area contributed by atoms with Crippen molar-refractivity contribution in [1.82, 2.24) is 20.2 Å². The number of halogens is 1. The van der Waals surface area contributed by atoms with Crippen LogP contribution in [0.1, 0.15) is 11.4 Å². The van der Waals surface area contributed by atoms with Crippen LogP contribution in [-0.2, 0) is 24.2 Å². The SMILES string of the molecule is O=C(O)Cn1nnc(CCc2ccc(Br)cc2)n1. The van der Waals surface area contributed by atoms with Gasteiger partial charge in [0, 0.05) is 10.9 Å². The Morgan fingerprint density at radius 3 is 2.67 bits per heavy atom. The highest BCUT2D eigenvalue weighted by Gasteiger charge is 2.06. The quantitative estimate of drug-likeness (QED) is 0.900. The number of rotatable bonds is 5. The van der Waals surface area contributed by atoms with Gasteiger partial charge in [0.15, 0.2) is 12.4 Å². The van der Waals surface area contributed by atoms with Crippen molar-refractivity contribution < 1.29 is 9.90 Å². The first-order valence-electron chi connectivity index (χ1n) is 5.36. The van der Waals surface area contributed by atoms with Gasteiger partial charge in [-0.1, -0.05) is 28.1 Å². The third kappa shape index (κ3) is 3.63. The minimum atomic E-state index is -0.980. The second-order valence-electron chi connectivity index (χ2n) is 3.76. The number of nitrogens with zero attached hydrogens (tertiary/aromatic N) is 4. The highest BCUT2D eigenvalue weighted by atomic mass is 79.9. The van der Waals surface area contributed by atoms with Crippen LogP contribution in [0, 0.1) is 0 Å². The molecule has 6 nitrogen and oxygen atoms in total. The molecule has 1 aromatic heterocycles. The second-order valence-corrected chi connectivity index (χ2v) is 4.67. The van der Waals surface area contributed by atoms with E-state index in [0.29, 0.717) is 12.2 Å². The summed E-state index contributed by atoms with van der Waals surface area (Å²) in [5.74, 6) is -0.425. The Labute approximate surface area is 112 Å². The lowest BCUT2D eigenvalue weighted by molar-refractivity contribution is -0.138. The number of carbonyl (C=O) groups is 1. The monoisotopic (exact) mass is 310 g/mol. The predicted octanol–water partition coefficient (Wildman–Crippen LogP) is 1.31. The smallest absolute Gasteiger partial charge is 0.327 e. The van der Waals surface area contributed by atoms with Crippen LogP contribution in [0.3, 0.4) is 0 Å². The molecule has 1 heterocycles. The minimum Gasteiger partial charge on any atom is -0.480 e. The van der Waals surface area contributed by atoms with Gasteiger partial charge >= 0.3 is 5.97 Å². The Morgan fingerprint density at radius 2 is 2.00 bits per heavy atom. The van der Waals surface area contributed by atoms with Crippen LogP contribution in [0.2, 0.25) is 0 Å². The molecule has 2 aromatic rings. The van der Waals surface area contributed by atoms with E-state index in [0.717, 1.165) is 15.7 Å². The van der Waals surface area contributed by atoms with Crippen LogP contribution in [0.5, 0.6) is 0 Å². The summed E-state index contributed by atoms with van der Waals surface area (Å²) in [5.41, 5.74) is 1.17. The molecule has 0 amide bonds. The average molecular weight is 311 g/mol. The van der Waals surface area contributed by atoms with Gasteiger partial charge in [-0.15, -0.1) is 10.2 Å². The Kier molecular flexibility index (Phi) is 4.03. The number of carboxylic acids is 1. The summed E-state index contributed by atoms with van der Waals surface area (Å²) < 4.78 is 1.04. The van der Waals surface area contributed by atoms with Crippen molar-refractivity contribution in [3.63, 3.8) is 0 Å². The van der Waals surface area contributed by atoms with E-state index in [2.05, 4.69) is 31.3 Å². The maximum absolute atomic E-state index is 10.5. The van der Waals surface area contributed by atoms with E-state index in [1.165, 1.54) is 5.56 Å². The van der Waals surface area contributed by atoms with Gasteiger partial charge in [0.25, 0.3) is 0 Å². The van der Waals surface area contributed by atoms with Crippen molar-refractivity contribution >= 4 is 21.9 Å². The first-order valence-corrected chi connectivity index (χ1v) is 6.16. The van der Waals surface area contributed by atoms with Gasteiger partial charge in [-0.3, -0.25) is 4.79 Å². The molecule has 0 fully saturated rings. The molecule has 18 heavy (non-hydrogen) atoms. The molecule has 0 saturated heterocycles.